The number of nitrogens with zero attached hydrogens (tertiary/aromatic N) is 1. The molecule has 1 heterocycles. The van der Waals surface area contributed by atoms with Crippen molar-refractivity contribution < 1.29 is 0 Å². The molecule has 0 saturated carbocycles. The van der Waals surface area contributed by atoms with Gasteiger partial charge in [0.05, 0.1) is 6.20 Å². The number of aromatic nitrogens is 2. The molecule has 0 aliphatic rings. The third-order valence-electron chi connectivity index (χ3n) is 0.467. The molecule has 40 valence electrons. The lowest BCUT2D eigenvalue weighted by molar-refractivity contribution is 1.09. The molecule has 0 aromatic carbocycles. The van der Waals surface area contributed by atoms with E-state index in [2.05, 4.69) is 10.2 Å². The summed E-state index contributed by atoms with van der Waals surface area (Å²) in [6.07, 6.45) is 1.60. The van der Waals surface area contributed by atoms with E-state index in [0.717, 1.165) is 0 Å². The maximum Gasteiger partial charge on any atom is 0.124 e. The van der Waals surface area contributed by atoms with E-state index in [1.54, 1.807) is 12.3 Å². The molecule has 0 amide bonds. The van der Waals surface area contributed by atoms with Gasteiger partial charge in [0, 0.05) is 0 Å². The molecule has 1 N–H and O–H groups in total. The Morgan fingerprint density at radius 1 is 1.71 bits per heavy atom. The molecule has 7 heavy (non-hydrogen) atoms. The van der Waals surface area contributed by atoms with E-state index in [0.29, 0.717) is 5.15 Å². The summed E-state index contributed by atoms with van der Waals surface area (Å²) in [5, 5.41) is 6.66. The zero-order valence-electron chi connectivity index (χ0n) is 3.69. The Kier molecular flexibility index (Phi) is 2.97. The maximum absolute atomic E-state index is 5.34. The predicted octanol–water partition coefficient (Wildman–Crippen LogP) is 1.12. The Morgan fingerprint density at radius 3 is 2.57 bits per heavy atom. The summed E-state index contributed by atoms with van der Waals surface area (Å²) in [4.78, 5) is 0. The quantitative estimate of drug-likeness (QED) is 0.532. The fraction of sp³-hybridized carbons (Fsp3) is 0. The summed E-state index contributed by atoms with van der Waals surface area (Å²) in [5.41, 5.74) is 0. The fourth-order valence-corrected chi connectivity index (χ4v) is 0.344. The Labute approximate surface area is 49.9 Å². The van der Waals surface area contributed by atoms with E-state index in [4.69, 9.17) is 11.6 Å². The van der Waals surface area contributed by atoms with Crippen LogP contribution in [-0.2, 0) is 0 Å². The summed E-state index contributed by atoms with van der Waals surface area (Å²) >= 11 is 5.34. The average Bonchev–Trinajstić information content (AvgIpc) is 1.86. The molecule has 1 aromatic heterocycles. The van der Waals surface area contributed by atoms with Gasteiger partial charge in [0.25, 0.3) is 0 Å². The molecule has 0 fully saturated rings. The van der Waals surface area contributed by atoms with E-state index >= 15 is 0 Å². The van der Waals surface area contributed by atoms with Crippen molar-refractivity contribution in [3.8, 4) is 0 Å². The van der Waals surface area contributed by atoms with Crippen LogP contribution in [0.5, 0.6) is 0 Å². The van der Waals surface area contributed by atoms with Gasteiger partial charge in [-0.15, -0.1) is 0 Å². The van der Waals surface area contributed by atoms with Gasteiger partial charge in [-0.1, -0.05) is 11.6 Å². The van der Waals surface area contributed by atoms with Crippen molar-refractivity contribution in [2.75, 3.05) is 0 Å². The van der Waals surface area contributed by atoms with Gasteiger partial charge in [-0.2, -0.15) is 15.0 Å². The van der Waals surface area contributed by atoms with Crippen LogP contribution < -0.4 is 0 Å². The van der Waals surface area contributed by atoms with Crippen molar-refractivity contribution in [1.82, 2.24) is 10.2 Å². The number of rotatable bonds is 0. The molecule has 4 heteroatoms. The lowest BCUT2D eigenvalue weighted by Crippen LogP contribution is -1.58. The Morgan fingerprint density at radius 2 is 2.43 bits per heavy atom. The average molecular weight is 137 g/mol. The fourth-order valence-electron chi connectivity index (χ4n) is 0.239. The largest absolute Gasteiger partial charge is 0.267 e. The first-order valence-corrected chi connectivity index (χ1v) is 1.92. The van der Waals surface area contributed by atoms with E-state index in [1.165, 1.54) is 0 Å². The van der Waals surface area contributed by atoms with Gasteiger partial charge in [0.1, 0.15) is 5.15 Å². The normalized spacial score (nSPS) is 7.57. The molecule has 0 aliphatic carbocycles. The van der Waals surface area contributed by atoms with Gasteiger partial charge < -0.3 is 0 Å². The number of hydrogen-bond donors (Lipinski definition) is 1. The molecule has 0 saturated heterocycles. The molecule has 2 nitrogen and oxygen atoms in total. The number of H-pyrrole nitrogens is 1. The summed E-state index contributed by atoms with van der Waals surface area (Å²) in [6, 6.07) is 1.68. The molecule has 0 spiro atoms. The topological polar surface area (TPSA) is 28.7 Å². The summed E-state index contributed by atoms with van der Waals surface area (Å²) in [7, 11) is 0. The molecular weight excluding hydrogens is 130 g/mol. The lowest BCUT2D eigenvalue weighted by Gasteiger charge is -1.64. The molecule has 1 rings (SSSR count). The standard InChI is InChI=1S/C3H3ClN2.H3P/c4-3-1-2-5-6-3;/h1-2H,(H,5,6);1H3. The van der Waals surface area contributed by atoms with Crippen LogP contribution in [0.1, 0.15) is 0 Å². The first kappa shape index (κ1) is 6.93. The monoisotopic (exact) mass is 136 g/mol. The van der Waals surface area contributed by atoms with Crippen molar-refractivity contribution in [3.05, 3.63) is 17.4 Å². The van der Waals surface area contributed by atoms with Crippen LogP contribution in [0.4, 0.5) is 0 Å². The van der Waals surface area contributed by atoms with Gasteiger partial charge >= 0.3 is 0 Å². The molecule has 1 unspecified atom stereocenters. The number of nitrogens with one attached hydrogen (secondary N) is 1. The highest BCUT2D eigenvalue weighted by Gasteiger charge is 1.77. The Hall–Kier alpha value is -0.0700. The second kappa shape index (κ2) is 3.00. The SMILES string of the molecule is Clc1ccn[nH]1.P. The minimum Gasteiger partial charge on any atom is -0.267 e. The van der Waals surface area contributed by atoms with Crippen molar-refractivity contribution in [3.63, 3.8) is 0 Å². The smallest absolute Gasteiger partial charge is 0.124 e. The lowest BCUT2D eigenvalue weighted by atomic mass is 10.8. The van der Waals surface area contributed by atoms with E-state index in [1.807, 2.05) is 0 Å². The summed E-state index contributed by atoms with van der Waals surface area (Å²) in [6.45, 7) is 0. The van der Waals surface area contributed by atoms with E-state index in [9.17, 15) is 0 Å². The van der Waals surface area contributed by atoms with Gasteiger partial charge in [-0.05, 0) is 6.07 Å². The molecular formula is C3H6ClN2P. The molecule has 0 bridgehead atoms. The highest BCUT2D eigenvalue weighted by molar-refractivity contribution is 6.92. The zero-order chi connectivity index (χ0) is 4.41. The van der Waals surface area contributed by atoms with Crippen LogP contribution in [0.2, 0.25) is 5.15 Å². The molecule has 0 radical (unpaired) electrons. The van der Waals surface area contributed by atoms with Crippen LogP contribution in [0.15, 0.2) is 12.3 Å². The third kappa shape index (κ3) is 1.91. The Balaban J connectivity index is 0.000000360. The second-order valence-electron chi connectivity index (χ2n) is 0.905. The van der Waals surface area contributed by atoms with Gasteiger partial charge in [0.15, 0.2) is 0 Å². The van der Waals surface area contributed by atoms with Crippen LogP contribution in [-0.4, -0.2) is 10.2 Å². The minimum absolute atomic E-state index is 0. The third-order valence-corrected chi connectivity index (χ3v) is 0.677. The number of aromatic amines is 1. The minimum atomic E-state index is 0. The van der Waals surface area contributed by atoms with Gasteiger partial charge in [-0.25, -0.2) is 0 Å². The van der Waals surface area contributed by atoms with Crippen LogP contribution in [0.3, 0.4) is 0 Å². The summed E-state index contributed by atoms with van der Waals surface area (Å²) < 4.78 is 0. The zero-order valence-corrected chi connectivity index (χ0v) is 5.86. The van der Waals surface area contributed by atoms with E-state index in [-0.39, 0.29) is 9.90 Å². The highest BCUT2D eigenvalue weighted by atomic mass is 35.5. The predicted molar refractivity (Wildman–Crippen MR) is 34.7 cm³/mol. The second-order valence-corrected chi connectivity index (χ2v) is 1.31. The van der Waals surface area contributed by atoms with Gasteiger partial charge in [0.2, 0.25) is 0 Å². The van der Waals surface area contributed by atoms with Gasteiger partial charge in [-0.3, -0.25) is 5.10 Å². The van der Waals surface area contributed by atoms with Crippen LogP contribution in [0.25, 0.3) is 0 Å². The van der Waals surface area contributed by atoms with E-state index < -0.39 is 0 Å². The molecule has 1 atom stereocenters. The summed E-state index contributed by atoms with van der Waals surface area (Å²) in [5.74, 6) is 0. The maximum atomic E-state index is 5.34. The van der Waals surface area contributed by atoms with Crippen molar-refractivity contribution >= 4 is 21.5 Å². The molecule has 1 aromatic rings. The van der Waals surface area contributed by atoms with Crippen molar-refractivity contribution in [1.29, 1.82) is 0 Å². The van der Waals surface area contributed by atoms with Crippen LogP contribution >= 0.6 is 21.5 Å². The van der Waals surface area contributed by atoms with Crippen molar-refractivity contribution in [2.45, 2.75) is 0 Å². The van der Waals surface area contributed by atoms with Crippen molar-refractivity contribution in [2.24, 2.45) is 0 Å². The molecule has 0 aliphatic heterocycles. The number of hydrogen-bond acceptors (Lipinski definition) is 1. The number of halogens is 1. The first-order chi connectivity index (χ1) is 2.89. The Bertz CT molecular complexity index is 116. The van der Waals surface area contributed by atoms with Crippen LogP contribution in [0, 0.1) is 0 Å². The first-order valence-electron chi connectivity index (χ1n) is 1.54. The highest BCUT2D eigenvalue weighted by Crippen LogP contribution is 1.96.